The molecule has 1 saturated heterocycles. The van der Waals surface area contributed by atoms with Crippen molar-refractivity contribution in [2.24, 2.45) is 5.73 Å². The van der Waals surface area contributed by atoms with Gasteiger partial charge in [-0.1, -0.05) is 24.6 Å². The van der Waals surface area contributed by atoms with E-state index < -0.39 is 0 Å². The minimum absolute atomic E-state index is 0.323. The van der Waals surface area contributed by atoms with E-state index in [2.05, 4.69) is 17.9 Å². The number of hydrogen-bond acceptors (Lipinski definition) is 2. The summed E-state index contributed by atoms with van der Waals surface area (Å²) in [5.74, 6) is 0.323. The highest BCUT2D eigenvalue weighted by Gasteiger charge is 2.20. The Bertz CT molecular complexity index is 359. The molecule has 1 aliphatic rings. The highest BCUT2D eigenvalue weighted by Crippen LogP contribution is 2.34. The van der Waals surface area contributed by atoms with Gasteiger partial charge in [0.1, 0.15) is 0 Å². The summed E-state index contributed by atoms with van der Waals surface area (Å²) in [6.45, 7) is 5.07. The van der Waals surface area contributed by atoms with Crippen LogP contribution in [0.1, 0.15) is 31.2 Å². The predicted molar refractivity (Wildman–Crippen MR) is 70.4 cm³/mol. The third-order valence-corrected chi connectivity index (χ3v) is 3.65. The van der Waals surface area contributed by atoms with Crippen molar-refractivity contribution in [2.45, 2.75) is 25.7 Å². The fraction of sp³-hybridized carbons (Fsp3) is 0.538. The Morgan fingerprint density at radius 1 is 1.38 bits per heavy atom. The van der Waals surface area contributed by atoms with Gasteiger partial charge in [-0.15, -0.1) is 0 Å². The van der Waals surface area contributed by atoms with E-state index in [9.17, 15) is 0 Å². The van der Waals surface area contributed by atoms with E-state index >= 15 is 0 Å². The summed E-state index contributed by atoms with van der Waals surface area (Å²) in [4.78, 5) is 2.42. The average Bonchev–Trinajstić information content (AvgIpc) is 2.81. The second-order valence-electron chi connectivity index (χ2n) is 4.50. The van der Waals surface area contributed by atoms with Crippen LogP contribution in [-0.2, 0) is 0 Å². The van der Waals surface area contributed by atoms with Crippen LogP contribution in [0.3, 0.4) is 0 Å². The number of anilines is 1. The largest absolute Gasteiger partial charge is 0.371 e. The summed E-state index contributed by atoms with van der Waals surface area (Å²) in [7, 11) is 0. The topological polar surface area (TPSA) is 29.3 Å². The van der Waals surface area contributed by atoms with Gasteiger partial charge in [0.05, 0.1) is 0 Å². The van der Waals surface area contributed by atoms with E-state index in [1.165, 1.54) is 24.1 Å². The molecular weight excluding hydrogens is 220 g/mol. The van der Waals surface area contributed by atoms with Gasteiger partial charge >= 0.3 is 0 Å². The molecule has 0 saturated carbocycles. The molecule has 1 fully saturated rings. The number of benzene rings is 1. The number of hydrogen-bond donors (Lipinski definition) is 1. The van der Waals surface area contributed by atoms with Gasteiger partial charge in [-0.3, -0.25) is 0 Å². The first kappa shape index (κ1) is 11.7. The summed E-state index contributed by atoms with van der Waals surface area (Å²) < 4.78 is 0. The zero-order valence-corrected chi connectivity index (χ0v) is 10.5. The molecular formula is C13H19ClN2. The lowest BCUT2D eigenvalue weighted by molar-refractivity contribution is 0.767. The van der Waals surface area contributed by atoms with Gasteiger partial charge in [-0.05, 0) is 43.0 Å². The van der Waals surface area contributed by atoms with Crippen LogP contribution in [0.2, 0.25) is 5.02 Å². The van der Waals surface area contributed by atoms with Crippen LogP contribution in [0.4, 0.5) is 5.69 Å². The van der Waals surface area contributed by atoms with E-state index in [4.69, 9.17) is 17.3 Å². The fourth-order valence-electron chi connectivity index (χ4n) is 2.37. The molecule has 1 atom stereocenters. The highest BCUT2D eigenvalue weighted by molar-refractivity contribution is 6.31. The van der Waals surface area contributed by atoms with E-state index in [-0.39, 0.29) is 0 Å². The summed E-state index contributed by atoms with van der Waals surface area (Å²) >= 11 is 6.30. The first-order chi connectivity index (χ1) is 7.74. The first-order valence-electron chi connectivity index (χ1n) is 5.97. The first-order valence-corrected chi connectivity index (χ1v) is 6.35. The van der Waals surface area contributed by atoms with E-state index in [1.807, 2.05) is 12.1 Å². The van der Waals surface area contributed by atoms with Crippen LogP contribution in [0.15, 0.2) is 18.2 Å². The lowest BCUT2D eigenvalue weighted by Crippen LogP contribution is -2.21. The van der Waals surface area contributed by atoms with Gasteiger partial charge < -0.3 is 10.6 Å². The van der Waals surface area contributed by atoms with Gasteiger partial charge in [0.25, 0.3) is 0 Å². The third kappa shape index (κ3) is 2.18. The summed E-state index contributed by atoms with van der Waals surface area (Å²) in [5.41, 5.74) is 8.26. The highest BCUT2D eigenvalue weighted by atomic mass is 35.5. The van der Waals surface area contributed by atoms with E-state index in [0.29, 0.717) is 12.5 Å². The van der Waals surface area contributed by atoms with Crippen molar-refractivity contribution in [2.75, 3.05) is 24.5 Å². The Kier molecular flexibility index (Phi) is 3.72. The SMILES string of the molecule is CC(CN)c1c(Cl)cccc1N1CCCC1. The molecule has 2 nitrogen and oxygen atoms in total. The number of nitrogens with zero attached hydrogens (tertiary/aromatic N) is 1. The molecule has 0 aliphatic carbocycles. The maximum atomic E-state index is 6.30. The van der Waals surface area contributed by atoms with Crippen LogP contribution in [0, 0.1) is 0 Å². The Balaban J connectivity index is 2.38. The van der Waals surface area contributed by atoms with Gasteiger partial charge in [0, 0.05) is 23.8 Å². The van der Waals surface area contributed by atoms with Crippen LogP contribution in [0.25, 0.3) is 0 Å². The molecule has 2 rings (SSSR count). The summed E-state index contributed by atoms with van der Waals surface area (Å²) in [6.07, 6.45) is 2.56. The number of halogens is 1. The van der Waals surface area contributed by atoms with Crippen molar-refractivity contribution < 1.29 is 0 Å². The molecule has 1 unspecified atom stereocenters. The van der Waals surface area contributed by atoms with E-state index in [0.717, 1.165) is 18.1 Å². The Labute approximate surface area is 102 Å². The van der Waals surface area contributed by atoms with Gasteiger partial charge in [-0.25, -0.2) is 0 Å². The average molecular weight is 239 g/mol. The molecule has 1 aliphatic heterocycles. The lowest BCUT2D eigenvalue weighted by atomic mass is 9.98. The second-order valence-corrected chi connectivity index (χ2v) is 4.91. The minimum atomic E-state index is 0.323. The maximum absolute atomic E-state index is 6.30. The molecule has 16 heavy (non-hydrogen) atoms. The molecule has 0 aromatic heterocycles. The Morgan fingerprint density at radius 3 is 2.69 bits per heavy atom. The number of rotatable bonds is 3. The second kappa shape index (κ2) is 5.07. The maximum Gasteiger partial charge on any atom is 0.0461 e. The Morgan fingerprint density at radius 2 is 2.06 bits per heavy atom. The fourth-order valence-corrected chi connectivity index (χ4v) is 2.72. The monoisotopic (exact) mass is 238 g/mol. The van der Waals surface area contributed by atoms with Gasteiger partial charge in [0.2, 0.25) is 0 Å². The minimum Gasteiger partial charge on any atom is -0.371 e. The van der Waals surface area contributed by atoms with Crippen molar-refractivity contribution >= 4 is 17.3 Å². The quantitative estimate of drug-likeness (QED) is 0.877. The van der Waals surface area contributed by atoms with Crippen LogP contribution in [-0.4, -0.2) is 19.6 Å². The molecule has 88 valence electrons. The lowest BCUT2D eigenvalue weighted by Gasteiger charge is -2.24. The third-order valence-electron chi connectivity index (χ3n) is 3.32. The molecule has 1 aromatic rings. The standard InChI is InChI=1S/C13H19ClN2/c1-10(9-15)13-11(14)5-4-6-12(13)16-7-2-3-8-16/h4-6,10H,2-3,7-9,15H2,1H3. The van der Waals surface area contributed by atoms with Gasteiger partial charge in [-0.2, -0.15) is 0 Å². The van der Waals surface area contributed by atoms with E-state index in [1.54, 1.807) is 0 Å². The normalized spacial score (nSPS) is 17.8. The van der Waals surface area contributed by atoms with Gasteiger partial charge in [0.15, 0.2) is 0 Å². The molecule has 3 heteroatoms. The molecule has 0 spiro atoms. The smallest absolute Gasteiger partial charge is 0.0461 e. The summed E-state index contributed by atoms with van der Waals surface area (Å²) in [5, 5.41) is 0.849. The zero-order chi connectivity index (χ0) is 11.5. The molecule has 0 bridgehead atoms. The Hall–Kier alpha value is -0.730. The van der Waals surface area contributed by atoms with Crippen molar-refractivity contribution in [1.82, 2.24) is 0 Å². The number of nitrogens with two attached hydrogens (primary N) is 1. The molecule has 0 radical (unpaired) electrons. The van der Waals surface area contributed by atoms with Crippen LogP contribution >= 0.6 is 11.6 Å². The van der Waals surface area contributed by atoms with Crippen molar-refractivity contribution in [3.63, 3.8) is 0 Å². The molecule has 0 amide bonds. The molecule has 1 aromatic carbocycles. The predicted octanol–water partition coefficient (Wildman–Crippen LogP) is 3.00. The van der Waals surface area contributed by atoms with Crippen LogP contribution in [0.5, 0.6) is 0 Å². The van der Waals surface area contributed by atoms with Crippen molar-refractivity contribution in [3.05, 3.63) is 28.8 Å². The zero-order valence-electron chi connectivity index (χ0n) is 9.75. The van der Waals surface area contributed by atoms with Crippen molar-refractivity contribution in [1.29, 1.82) is 0 Å². The van der Waals surface area contributed by atoms with Crippen LogP contribution < -0.4 is 10.6 Å². The molecule has 1 heterocycles. The van der Waals surface area contributed by atoms with Crippen molar-refractivity contribution in [3.8, 4) is 0 Å². The molecule has 2 N–H and O–H groups in total. The summed E-state index contributed by atoms with van der Waals surface area (Å²) in [6, 6.07) is 6.16.